The fraction of sp³-hybridized carbons (Fsp3) is 0.455. The number of likely N-dealkylation sites (N-methyl/N-ethyl adjacent to an activating group) is 1. The van der Waals surface area contributed by atoms with Crippen molar-refractivity contribution in [3.63, 3.8) is 0 Å². The molecule has 2 heterocycles. The summed E-state index contributed by atoms with van der Waals surface area (Å²) in [6.07, 6.45) is 0. The van der Waals surface area contributed by atoms with Gasteiger partial charge in [0.25, 0.3) is 0 Å². The van der Waals surface area contributed by atoms with E-state index in [-0.39, 0.29) is 5.91 Å². The van der Waals surface area contributed by atoms with Crippen molar-refractivity contribution >= 4 is 17.5 Å². The zero-order valence-electron chi connectivity index (χ0n) is 9.19. The van der Waals surface area contributed by atoms with Gasteiger partial charge in [0, 0.05) is 26.7 Å². The maximum Gasteiger partial charge on any atom is 0.236 e. The van der Waals surface area contributed by atoms with Gasteiger partial charge in [-0.05, 0) is 12.1 Å². The van der Waals surface area contributed by atoms with Crippen LogP contribution in [0.4, 0.5) is 0 Å². The van der Waals surface area contributed by atoms with Crippen LogP contribution in [0.1, 0.15) is 5.69 Å². The summed E-state index contributed by atoms with van der Waals surface area (Å²) in [5.74, 6) is 0.160. The molecule has 0 N–H and O–H groups in total. The molecule has 1 amide bonds. The van der Waals surface area contributed by atoms with Gasteiger partial charge in [-0.2, -0.15) is 0 Å². The molecule has 0 atom stereocenters. The predicted molar refractivity (Wildman–Crippen MR) is 62.2 cm³/mol. The van der Waals surface area contributed by atoms with Gasteiger partial charge in [0.1, 0.15) is 5.15 Å². The highest BCUT2D eigenvalue weighted by Gasteiger charge is 2.20. The van der Waals surface area contributed by atoms with Crippen molar-refractivity contribution in [2.45, 2.75) is 6.54 Å². The second-order valence-corrected chi connectivity index (χ2v) is 4.36. The zero-order chi connectivity index (χ0) is 11.5. The third-order valence-electron chi connectivity index (χ3n) is 2.69. The molecule has 0 saturated carbocycles. The Balaban J connectivity index is 1.98. The van der Waals surface area contributed by atoms with Crippen molar-refractivity contribution in [2.75, 3.05) is 26.7 Å². The fourth-order valence-electron chi connectivity index (χ4n) is 1.71. The standard InChI is InChI=1S/C11H14ClN3O/c1-14-5-6-15(8-11(14)16)7-9-3-2-4-10(12)13-9/h2-4H,5-8H2,1H3. The molecule has 1 aliphatic heterocycles. The van der Waals surface area contributed by atoms with Gasteiger partial charge in [0.2, 0.25) is 5.91 Å². The van der Waals surface area contributed by atoms with Gasteiger partial charge >= 0.3 is 0 Å². The molecule has 2 rings (SSSR count). The summed E-state index contributed by atoms with van der Waals surface area (Å²) in [6, 6.07) is 5.55. The van der Waals surface area contributed by atoms with Crippen LogP contribution in [0.15, 0.2) is 18.2 Å². The highest BCUT2D eigenvalue weighted by molar-refractivity contribution is 6.29. The summed E-state index contributed by atoms with van der Waals surface area (Å²) in [5, 5.41) is 0.498. The molecule has 86 valence electrons. The Morgan fingerprint density at radius 1 is 1.44 bits per heavy atom. The molecule has 1 aliphatic rings. The van der Waals surface area contributed by atoms with E-state index in [0.717, 1.165) is 18.8 Å². The van der Waals surface area contributed by atoms with Crippen molar-refractivity contribution < 1.29 is 4.79 Å². The van der Waals surface area contributed by atoms with Gasteiger partial charge in [-0.25, -0.2) is 4.98 Å². The van der Waals surface area contributed by atoms with Crippen molar-refractivity contribution in [1.82, 2.24) is 14.8 Å². The largest absolute Gasteiger partial charge is 0.343 e. The number of pyridine rings is 1. The van der Waals surface area contributed by atoms with Crippen LogP contribution in [0.2, 0.25) is 5.15 Å². The van der Waals surface area contributed by atoms with Gasteiger partial charge in [-0.3, -0.25) is 9.69 Å². The molecule has 16 heavy (non-hydrogen) atoms. The zero-order valence-corrected chi connectivity index (χ0v) is 9.94. The van der Waals surface area contributed by atoms with E-state index in [1.165, 1.54) is 0 Å². The Morgan fingerprint density at radius 3 is 2.94 bits per heavy atom. The van der Waals surface area contributed by atoms with Gasteiger partial charge < -0.3 is 4.90 Å². The highest BCUT2D eigenvalue weighted by atomic mass is 35.5. The number of hydrogen-bond donors (Lipinski definition) is 0. The summed E-state index contributed by atoms with van der Waals surface area (Å²) >= 11 is 5.81. The predicted octanol–water partition coefficient (Wildman–Crippen LogP) is 1.01. The van der Waals surface area contributed by atoms with E-state index in [1.54, 1.807) is 11.0 Å². The number of carbonyl (C=O) groups excluding carboxylic acids is 1. The Morgan fingerprint density at radius 2 is 2.25 bits per heavy atom. The summed E-state index contributed by atoms with van der Waals surface area (Å²) in [5.41, 5.74) is 0.907. The number of hydrogen-bond acceptors (Lipinski definition) is 3. The van der Waals surface area contributed by atoms with Crippen LogP contribution < -0.4 is 0 Å². The quantitative estimate of drug-likeness (QED) is 0.723. The lowest BCUT2D eigenvalue weighted by Crippen LogP contribution is -2.48. The minimum Gasteiger partial charge on any atom is -0.343 e. The summed E-state index contributed by atoms with van der Waals surface area (Å²) in [4.78, 5) is 19.5. The van der Waals surface area contributed by atoms with Crippen LogP contribution in [-0.4, -0.2) is 47.4 Å². The lowest BCUT2D eigenvalue weighted by molar-refractivity contribution is -0.134. The van der Waals surface area contributed by atoms with Crippen molar-refractivity contribution in [3.8, 4) is 0 Å². The number of nitrogens with zero attached hydrogens (tertiary/aromatic N) is 3. The van der Waals surface area contributed by atoms with E-state index < -0.39 is 0 Å². The first-order chi connectivity index (χ1) is 7.65. The number of carbonyl (C=O) groups is 1. The van der Waals surface area contributed by atoms with E-state index in [2.05, 4.69) is 9.88 Å². The molecular formula is C11H14ClN3O. The number of amides is 1. The number of aromatic nitrogens is 1. The van der Waals surface area contributed by atoms with Crippen molar-refractivity contribution in [2.24, 2.45) is 0 Å². The average molecular weight is 240 g/mol. The monoisotopic (exact) mass is 239 g/mol. The minimum absolute atomic E-state index is 0.160. The van der Waals surface area contributed by atoms with Crippen LogP contribution in [0, 0.1) is 0 Å². The van der Waals surface area contributed by atoms with Crippen LogP contribution in [-0.2, 0) is 11.3 Å². The Labute approximate surface area is 99.8 Å². The Bertz CT molecular complexity index is 397. The maximum absolute atomic E-state index is 11.5. The van der Waals surface area contributed by atoms with Gasteiger partial charge in [0.05, 0.1) is 12.2 Å². The summed E-state index contributed by atoms with van der Waals surface area (Å²) < 4.78 is 0. The lowest BCUT2D eigenvalue weighted by atomic mass is 10.3. The van der Waals surface area contributed by atoms with Crippen molar-refractivity contribution in [1.29, 1.82) is 0 Å². The molecule has 0 bridgehead atoms. The molecule has 0 spiro atoms. The number of rotatable bonds is 2. The van der Waals surface area contributed by atoms with E-state index >= 15 is 0 Å². The van der Waals surface area contributed by atoms with Gasteiger partial charge in [-0.15, -0.1) is 0 Å². The molecule has 5 heteroatoms. The summed E-state index contributed by atoms with van der Waals surface area (Å²) in [7, 11) is 1.83. The van der Waals surface area contributed by atoms with Crippen molar-refractivity contribution in [3.05, 3.63) is 29.0 Å². The molecule has 4 nitrogen and oxygen atoms in total. The fourth-order valence-corrected chi connectivity index (χ4v) is 1.89. The topological polar surface area (TPSA) is 36.4 Å². The third kappa shape index (κ3) is 2.71. The molecule has 1 fully saturated rings. The van der Waals surface area contributed by atoms with E-state index in [0.29, 0.717) is 18.2 Å². The molecular weight excluding hydrogens is 226 g/mol. The van der Waals surface area contributed by atoms with Crippen LogP contribution in [0.5, 0.6) is 0 Å². The number of piperazine rings is 1. The Kier molecular flexibility index (Phi) is 3.41. The van der Waals surface area contributed by atoms with Gasteiger partial charge in [0.15, 0.2) is 0 Å². The van der Waals surface area contributed by atoms with Crippen LogP contribution in [0.3, 0.4) is 0 Å². The summed E-state index contributed by atoms with van der Waals surface area (Å²) in [6.45, 7) is 2.81. The molecule has 0 unspecified atom stereocenters. The maximum atomic E-state index is 11.5. The SMILES string of the molecule is CN1CCN(Cc2cccc(Cl)n2)CC1=O. The molecule has 1 aromatic heterocycles. The van der Waals surface area contributed by atoms with E-state index in [4.69, 9.17) is 11.6 Å². The molecule has 0 aliphatic carbocycles. The molecule has 1 aromatic rings. The van der Waals surface area contributed by atoms with E-state index in [9.17, 15) is 4.79 Å². The minimum atomic E-state index is 0.160. The Hall–Kier alpha value is -1.13. The normalized spacial score (nSPS) is 17.9. The van der Waals surface area contributed by atoms with Crippen LogP contribution >= 0.6 is 11.6 Å². The van der Waals surface area contributed by atoms with Crippen LogP contribution in [0.25, 0.3) is 0 Å². The highest BCUT2D eigenvalue weighted by Crippen LogP contribution is 2.09. The smallest absolute Gasteiger partial charge is 0.236 e. The first-order valence-corrected chi connectivity index (χ1v) is 5.61. The first kappa shape index (κ1) is 11.4. The second-order valence-electron chi connectivity index (χ2n) is 3.98. The molecule has 0 aromatic carbocycles. The first-order valence-electron chi connectivity index (χ1n) is 5.23. The lowest BCUT2D eigenvalue weighted by Gasteiger charge is -2.31. The average Bonchev–Trinajstić information content (AvgIpc) is 2.24. The van der Waals surface area contributed by atoms with E-state index in [1.807, 2.05) is 19.2 Å². The molecule has 0 radical (unpaired) electrons. The second kappa shape index (κ2) is 4.80. The van der Waals surface area contributed by atoms with Gasteiger partial charge in [-0.1, -0.05) is 17.7 Å². The molecule has 1 saturated heterocycles. The number of halogens is 1. The third-order valence-corrected chi connectivity index (χ3v) is 2.91.